The lowest BCUT2D eigenvalue weighted by Gasteiger charge is -2.15. The first kappa shape index (κ1) is 23.4. The molecule has 0 aliphatic carbocycles. The summed E-state index contributed by atoms with van der Waals surface area (Å²) in [5.41, 5.74) is 9.33. The van der Waals surface area contributed by atoms with Crippen LogP contribution in [0.3, 0.4) is 0 Å². The zero-order valence-electron chi connectivity index (χ0n) is 20.1. The van der Waals surface area contributed by atoms with Gasteiger partial charge in [0.1, 0.15) is 5.75 Å². The number of aromatic nitrogens is 4. The Bertz CT molecular complexity index is 1890. The number of fused-ring (bicyclic) bond motifs is 2. The average molecular weight is 522 g/mol. The van der Waals surface area contributed by atoms with Crippen LogP contribution < -0.4 is 20.8 Å². The predicted molar refractivity (Wildman–Crippen MR) is 149 cm³/mol. The van der Waals surface area contributed by atoms with Crippen LogP contribution in [0.1, 0.15) is 0 Å². The van der Waals surface area contributed by atoms with Gasteiger partial charge in [-0.1, -0.05) is 48.0 Å². The topological polar surface area (TPSA) is 116 Å². The number of hydrogen-bond acceptors (Lipinski definition) is 7. The van der Waals surface area contributed by atoms with Crippen LogP contribution >= 0.6 is 11.6 Å². The largest absolute Gasteiger partial charge is 0.493 e. The maximum atomic E-state index is 13.0. The molecule has 3 N–H and O–H groups in total. The van der Waals surface area contributed by atoms with E-state index in [0.717, 1.165) is 16.5 Å². The van der Waals surface area contributed by atoms with Gasteiger partial charge in [0, 0.05) is 27.7 Å². The maximum Gasteiger partial charge on any atom is 0.262 e. The highest BCUT2D eigenvalue weighted by molar-refractivity contribution is 6.31. The number of rotatable bonds is 5. The van der Waals surface area contributed by atoms with E-state index >= 15 is 0 Å². The number of pyridine rings is 2. The van der Waals surface area contributed by atoms with E-state index in [0.29, 0.717) is 44.4 Å². The Morgan fingerprint density at radius 1 is 0.868 bits per heavy atom. The van der Waals surface area contributed by atoms with Crippen LogP contribution in [0, 0.1) is 0 Å². The Morgan fingerprint density at radius 3 is 2.53 bits per heavy atom. The van der Waals surface area contributed by atoms with Crippen molar-refractivity contribution in [1.82, 2.24) is 19.9 Å². The summed E-state index contributed by atoms with van der Waals surface area (Å²) in [5, 5.41) is 1.73. The highest BCUT2D eigenvalue weighted by Crippen LogP contribution is 2.39. The molecule has 0 saturated heterocycles. The first-order valence-corrected chi connectivity index (χ1v) is 12.0. The average Bonchev–Trinajstić information content (AvgIpc) is 2.93. The summed E-state index contributed by atoms with van der Waals surface area (Å²) in [6, 6.07) is 24.2. The molecule has 186 valence electrons. The zero-order chi connectivity index (χ0) is 26.2. The molecule has 3 aromatic heterocycles. The monoisotopic (exact) mass is 521 g/mol. The minimum atomic E-state index is -0.379. The number of nitrogens with one attached hydrogen (secondary N) is 1. The Hall–Kier alpha value is -4.95. The Balaban J connectivity index is 1.49. The van der Waals surface area contributed by atoms with Gasteiger partial charge >= 0.3 is 0 Å². The molecule has 0 atom stereocenters. The molecule has 0 aliphatic heterocycles. The van der Waals surface area contributed by atoms with Gasteiger partial charge in [0.2, 0.25) is 5.95 Å². The number of halogens is 1. The third-order valence-corrected chi connectivity index (χ3v) is 6.36. The number of H-pyrrole nitrogens is 1. The van der Waals surface area contributed by atoms with Gasteiger partial charge in [0.15, 0.2) is 17.1 Å². The molecular weight excluding hydrogens is 502 g/mol. The van der Waals surface area contributed by atoms with Gasteiger partial charge in [-0.05, 0) is 48.0 Å². The Kier molecular flexibility index (Phi) is 5.86. The SMILES string of the molecule is COc1cc(-c2cc(-c3ccccc3)nc3nc(N)[nH]c(=O)c23)ccc1Oc1ccnc2cc(Cl)ccc12. The van der Waals surface area contributed by atoms with Gasteiger partial charge in [0.05, 0.1) is 23.7 Å². The number of aromatic amines is 1. The molecular formula is C29H20ClN5O3. The third kappa shape index (κ3) is 4.27. The highest BCUT2D eigenvalue weighted by atomic mass is 35.5. The molecule has 6 aromatic rings. The number of nitrogens with two attached hydrogens (primary N) is 1. The second kappa shape index (κ2) is 9.49. The van der Waals surface area contributed by atoms with Gasteiger partial charge in [-0.25, -0.2) is 4.98 Å². The van der Waals surface area contributed by atoms with Crippen molar-refractivity contribution in [2.45, 2.75) is 0 Å². The van der Waals surface area contributed by atoms with Gasteiger partial charge in [-0.3, -0.25) is 14.8 Å². The number of hydrogen-bond donors (Lipinski definition) is 2. The van der Waals surface area contributed by atoms with Crippen LogP contribution in [0.25, 0.3) is 44.3 Å². The quantitative estimate of drug-likeness (QED) is 0.276. The van der Waals surface area contributed by atoms with E-state index in [9.17, 15) is 4.79 Å². The van der Waals surface area contributed by atoms with Crippen molar-refractivity contribution >= 4 is 39.5 Å². The van der Waals surface area contributed by atoms with E-state index in [-0.39, 0.29) is 17.2 Å². The van der Waals surface area contributed by atoms with Gasteiger partial charge in [0.25, 0.3) is 5.56 Å². The van der Waals surface area contributed by atoms with Crippen molar-refractivity contribution in [3.63, 3.8) is 0 Å². The van der Waals surface area contributed by atoms with Crippen molar-refractivity contribution in [3.8, 4) is 39.6 Å². The molecule has 0 amide bonds. The molecule has 9 heteroatoms. The minimum absolute atomic E-state index is 0.00152. The van der Waals surface area contributed by atoms with Crippen molar-refractivity contribution in [2.24, 2.45) is 0 Å². The van der Waals surface area contributed by atoms with Crippen molar-refractivity contribution < 1.29 is 9.47 Å². The lowest BCUT2D eigenvalue weighted by molar-refractivity contribution is 0.380. The molecule has 0 unspecified atom stereocenters. The lowest BCUT2D eigenvalue weighted by atomic mass is 9.99. The molecule has 0 fully saturated rings. The second-order valence-electron chi connectivity index (χ2n) is 8.51. The third-order valence-electron chi connectivity index (χ3n) is 6.12. The molecule has 0 aliphatic rings. The highest BCUT2D eigenvalue weighted by Gasteiger charge is 2.17. The number of anilines is 1. The molecule has 6 rings (SSSR count). The fraction of sp³-hybridized carbons (Fsp3) is 0.0345. The number of ether oxygens (including phenoxy) is 2. The molecule has 38 heavy (non-hydrogen) atoms. The first-order chi connectivity index (χ1) is 18.5. The van der Waals surface area contributed by atoms with Crippen molar-refractivity contribution in [1.29, 1.82) is 0 Å². The number of nitrogens with zero attached hydrogens (tertiary/aromatic N) is 3. The smallest absolute Gasteiger partial charge is 0.262 e. The van der Waals surface area contributed by atoms with E-state index in [2.05, 4.69) is 19.9 Å². The Labute approximate surface area is 221 Å². The number of nitrogen functional groups attached to an aromatic ring is 1. The molecule has 3 heterocycles. The van der Waals surface area contributed by atoms with E-state index in [1.54, 1.807) is 37.6 Å². The van der Waals surface area contributed by atoms with Crippen LogP contribution in [0.5, 0.6) is 17.2 Å². The Morgan fingerprint density at radius 2 is 1.71 bits per heavy atom. The molecule has 0 spiro atoms. The fourth-order valence-corrected chi connectivity index (χ4v) is 4.53. The molecule has 0 bridgehead atoms. The summed E-state index contributed by atoms with van der Waals surface area (Å²) in [7, 11) is 1.56. The molecule has 0 radical (unpaired) electrons. The molecule has 0 saturated carbocycles. The van der Waals surface area contributed by atoms with Crippen LogP contribution in [0.4, 0.5) is 5.95 Å². The summed E-state index contributed by atoms with van der Waals surface area (Å²) in [4.78, 5) is 28.8. The van der Waals surface area contributed by atoms with Crippen LogP contribution in [0.15, 0.2) is 89.9 Å². The zero-order valence-corrected chi connectivity index (χ0v) is 20.9. The minimum Gasteiger partial charge on any atom is -0.493 e. The molecule has 3 aromatic carbocycles. The van der Waals surface area contributed by atoms with E-state index < -0.39 is 0 Å². The van der Waals surface area contributed by atoms with Crippen LogP contribution in [-0.4, -0.2) is 27.0 Å². The van der Waals surface area contributed by atoms with E-state index in [1.165, 1.54) is 0 Å². The second-order valence-corrected chi connectivity index (χ2v) is 8.95. The summed E-state index contributed by atoms with van der Waals surface area (Å²) in [5.74, 6) is 1.58. The summed E-state index contributed by atoms with van der Waals surface area (Å²) < 4.78 is 11.9. The predicted octanol–water partition coefficient (Wildman–Crippen LogP) is 6.24. The maximum absolute atomic E-state index is 13.0. The standard InChI is InChI=1S/C29H20ClN5O3/c1-37-25-13-17(7-10-24(25)38-23-11-12-32-22-14-18(30)8-9-19(22)23)20-15-21(16-5-3-2-4-6-16)33-27-26(20)28(36)35-29(31)34-27/h2-15H,1H3,(H3,31,33,34,35,36). The van der Waals surface area contributed by atoms with E-state index in [1.807, 2.05) is 54.6 Å². The number of methoxy groups -OCH3 is 1. The van der Waals surface area contributed by atoms with Crippen LogP contribution in [-0.2, 0) is 0 Å². The van der Waals surface area contributed by atoms with Crippen molar-refractivity contribution in [2.75, 3.05) is 12.8 Å². The summed E-state index contributed by atoms with van der Waals surface area (Å²) >= 11 is 6.12. The number of benzene rings is 3. The van der Waals surface area contributed by atoms with Crippen LogP contribution in [0.2, 0.25) is 5.02 Å². The van der Waals surface area contributed by atoms with Gasteiger partial charge in [-0.2, -0.15) is 4.98 Å². The summed E-state index contributed by atoms with van der Waals surface area (Å²) in [6.45, 7) is 0. The lowest BCUT2D eigenvalue weighted by Crippen LogP contribution is -2.13. The van der Waals surface area contributed by atoms with Gasteiger partial charge < -0.3 is 15.2 Å². The van der Waals surface area contributed by atoms with E-state index in [4.69, 9.17) is 26.8 Å². The first-order valence-electron chi connectivity index (χ1n) is 11.7. The summed E-state index contributed by atoms with van der Waals surface area (Å²) in [6.07, 6.45) is 1.66. The normalized spacial score (nSPS) is 11.1. The van der Waals surface area contributed by atoms with Crippen molar-refractivity contribution in [3.05, 3.63) is 100 Å². The fourth-order valence-electron chi connectivity index (χ4n) is 4.36. The van der Waals surface area contributed by atoms with Gasteiger partial charge in [-0.15, -0.1) is 0 Å². The molecule has 8 nitrogen and oxygen atoms in total.